The number of aromatic nitrogens is 2. The second kappa shape index (κ2) is 28.4. The molecule has 3 fully saturated rings. The number of aliphatic hydroxyl groups excluding tert-OH is 4. The second-order valence-corrected chi connectivity index (χ2v) is 13.9. The van der Waals surface area contributed by atoms with E-state index in [9.17, 15) is 19.0 Å². The van der Waals surface area contributed by atoms with Crippen LogP contribution in [0, 0.1) is 5.41 Å². The SMILES string of the molecule is CC1(C)C=C1COCCOCCOCCN.CO.NCCOCCOCCOCC(F)(F)c1cncc(NC2CCCOC2)n1.OC[C@]12COC(CC(O)C1O)O2. The summed E-state index contributed by atoms with van der Waals surface area (Å²) in [4.78, 5) is 7.84. The first-order valence-electron chi connectivity index (χ1n) is 19.3. The molecule has 20 heteroatoms. The Kier molecular flexibility index (Phi) is 25.4. The number of nitrogens with two attached hydrogens (primary N) is 2. The van der Waals surface area contributed by atoms with Gasteiger partial charge in [0.05, 0.1) is 117 Å². The molecule has 1 aromatic rings. The van der Waals surface area contributed by atoms with E-state index in [0.717, 1.165) is 39.4 Å². The van der Waals surface area contributed by atoms with Gasteiger partial charge in [-0.05, 0) is 18.4 Å². The number of hydrogen-bond donors (Lipinski definition) is 7. The third-order valence-electron chi connectivity index (χ3n) is 8.84. The van der Waals surface area contributed by atoms with Gasteiger partial charge < -0.3 is 79.8 Å². The number of alkyl halides is 2. The zero-order valence-electron chi connectivity index (χ0n) is 33.7. The number of nitrogens with one attached hydrogen (secondary N) is 1. The average Bonchev–Trinajstić information content (AvgIpc) is 3.66. The Bertz CT molecular complexity index is 1220. The maximum Gasteiger partial charge on any atom is 0.314 e. The monoisotopic (exact) mass is 827 g/mol. The van der Waals surface area contributed by atoms with E-state index in [1.165, 1.54) is 11.8 Å². The molecule has 3 saturated heterocycles. The van der Waals surface area contributed by atoms with Crippen LogP contribution in [0.25, 0.3) is 0 Å². The van der Waals surface area contributed by atoms with Gasteiger partial charge in [0.1, 0.15) is 29.8 Å². The van der Waals surface area contributed by atoms with Crippen molar-refractivity contribution in [3.8, 4) is 0 Å². The molecule has 4 aliphatic rings. The highest BCUT2D eigenvalue weighted by molar-refractivity contribution is 5.36. The number of rotatable bonds is 24. The lowest BCUT2D eigenvalue weighted by atomic mass is 9.91. The highest BCUT2D eigenvalue weighted by Crippen LogP contribution is 2.42. The first kappa shape index (κ1) is 51.0. The normalized spacial score (nSPS) is 24.5. The lowest BCUT2D eigenvalue weighted by Gasteiger charge is -2.37. The third-order valence-corrected chi connectivity index (χ3v) is 8.84. The molecule has 2 bridgehead atoms. The van der Waals surface area contributed by atoms with Gasteiger partial charge in [0.2, 0.25) is 0 Å². The van der Waals surface area contributed by atoms with E-state index >= 15 is 0 Å². The Hall–Kier alpha value is -2.12. The Morgan fingerprint density at radius 3 is 2.02 bits per heavy atom. The Morgan fingerprint density at radius 1 is 0.895 bits per heavy atom. The van der Waals surface area contributed by atoms with Crippen LogP contribution in [0.1, 0.15) is 38.8 Å². The second-order valence-electron chi connectivity index (χ2n) is 13.9. The van der Waals surface area contributed by atoms with Crippen molar-refractivity contribution in [1.82, 2.24) is 9.97 Å². The molecule has 18 nitrogen and oxygen atoms in total. The van der Waals surface area contributed by atoms with Gasteiger partial charge in [-0.25, -0.2) is 4.98 Å². The first-order valence-corrected chi connectivity index (χ1v) is 19.3. The van der Waals surface area contributed by atoms with Crippen molar-refractivity contribution in [2.75, 3.05) is 131 Å². The van der Waals surface area contributed by atoms with Gasteiger partial charge >= 0.3 is 5.92 Å². The van der Waals surface area contributed by atoms with Crippen molar-refractivity contribution in [2.45, 2.75) is 69.2 Å². The number of anilines is 1. The molecule has 0 amide bonds. The standard InChI is InChI=1S/C17H28F2N4O4.C12H23NO3.C7H12O5.CH4O/c18-17(19,13-27-9-8-25-7-6-24-5-3-20)15-10-21-11-16(23-15)22-14-2-1-4-26-12-14;1-12(2)9-11(12)10-16-8-7-15-6-5-14-4-3-13;8-2-7-3-11-5(12-7)1-4(9)6(7)10;1-2/h10-11,14H,1-9,12-13,20H2,(H,22,23);9H,3-8,10,13H2,1-2H3;4-6,8-10H,1-3H2;2H,1H3/t;;4?,5?,6?,7-;/m..0./s1. The molecule has 5 atom stereocenters. The molecule has 4 unspecified atom stereocenters. The topological polar surface area (TPSA) is 254 Å². The van der Waals surface area contributed by atoms with Gasteiger partial charge in [0.15, 0.2) is 6.29 Å². The molecule has 0 radical (unpaired) electrons. The highest BCUT2D eigenvalue weighted by atomic mass is 19.3. The maximum absolute atomic E-state index is 14.3. The zero-order chi connectivity index (χ0) is 42.0. The van der Waals surface area contributed by atoms with Crippen LogP contribution >= 0.6 is 0 Å². The summed E-state index contributed by atoms with van der Waals surface area (Å²) in [5, 5.41) is 37.9. The number of fused-ring (bicyclic) bond motifs is 2. The first-order chi connectivity index (χ1) is 27.5. The molecular weight excluding hydrogens is 760 g/mol. The van der Waals surface area contributed by atoms with Gasteiger partial charge in [0, 0.05) is 38.6 Å². The predicted octanol–water partition coefficient (Wildman–Crippen LogP) is -0.0467. The van der Waals surface area contributed by atoms with E-state index in [0.29, 0.717) is 83.8 Å². The van der Waals surface area contributed by atoms with Gasteiger partial charge in [-0.1, -0.05) is 19.9 Å². The fourth-order valence-corrected chi connectivity index (χ4v) is 5.49. The number of halogens is 2. The third kappa shape index (κ3) is 19.7. The summed E-state index contributed by atoms with van der Waals surface area (Å²) in [6, 6.07) is 0.0548. The Morgan fingerprint density at radius 2 is 1.47 bits per heavy atom. The van der Waals surface area contributed by atoms with Crippen molar-refractivity contribution in [1.29, 1.82) is 0 Å². The van der Waals surface area contributed by atoms with Crippen molar-refractivity contribution in [2.24, 2.45) is 16.9 Å². The van der Waals surface area contributed by atoms with E-state index in [2.05, 4.69) is 35.2 Å². The van der Waals surface area contributed by atoms with Crippen LogP contribution in [0.3, 0.4) is 0 Å². The molecule has 1 aliphatic carbocycles. The molecule has 5 rings (SSSR count). The van der Waals surface area contributed by atoms with Crippen LogP contribution in [-0.2, 0) is 48.6 Å². The minimum atomic E-state index is -3.24. The minimum absolute atomic E-state index is 0.0528. The lowest BCUT2D eigenvalue weighted by Crippen LogP contribution is -2.56. The molecule has 4 heterocycles. The summed E-state index contributed by atoms with van der Waals surface area (Å²) in [6.07, 6.45) is 4.42. The molecular formula is C37H67F2N5O13. The largest absolute Gasteiger partial charge is 0.400 e. The predicted molar refractivity (Wildman–Crippen MR) is 204 cm³/mol. The van der Waals surface area contributed by atoms with E-state index in [4.69, 9.17) is 64.3 Å². The van der Waals surface area contributed by atoms with Crippen LogP contribution in [0.5, 0.6) is 0 Å². The number of aliphatic hydroxyl groups is 4. The maximum atomic E-state index is 14.3. The van der Waals surface area contributed by atoms with E-state index in [1.807, 2.05) is 0 Å². The summed E-state index contributed by atoms with van der Waals surface area (Å²) >= 11 is 0. The van der Waals surface area contributed by atoms with Crippen LogP contribution in [-0.4, -0.2) is 186 Å². The average molecular weight is 828 g/mol. The quantitative estimate of drug-likeness (QED) is 0.0533. The lowest BCUT2D eigenvalue weighted by molar-refractivity contribution is -0.219. The van der Waals surface area contributed by atoms with Gasteiger partial charge in [-0.15, -0.1) is 0 Å². The van der Waals surface area contributed by atoms with Gasteiger partial charge in [-0.2, -0.15) is 8.78 Å². The molecule has 0 spiro atoms. The van der Waals surface area contributed by atoms with Crippen LogP contribution < -0.4 is 16.8 Å². The molecule has 3 aliphatic heterocycles. The molecule has 0 saturated carbocycles. The molecule has 9 N–H and O–H groups in total. The van der Waals surface area contributed by atoms with E-state index in [1.54, 1.807) is 0 Å². The molecule has 1 aromatic heterocycles. The van der Waals surface area contributed by atoms with E-state index in [-0.39, 0.29) is 38.9 Å². The summed E-state index contributed by atoms with van der Waals surface area (Å²) < 4.78 is 75.6. The summed E-state index contributed by atoms with van der Waals surface area (Å²) in [5.74, 6) is -2.93. The smallest absolute Gasteiger partial charge is 0.314 e. The van der Waals surface area contributed by atoms with Crippen molar-refractivity contribution in [3.05, 3.63) is 29.7 Å². The fraction of sp³-hybridized carbons (Fsp3) is 0.838. The summed E-state index contributed by atoms with van der Waals surface area (Å²) in [6.45, 7) is 11.0. The van der Waals surface area contributed by atoms with Crippen LogP contribution in [0.4, 0.5) is 14.6 Å². The fourth-order valence-electron chi connectivity index (χ4n) is 5.49. The van der Waals surface area contributed by atoms with Crippen LogP contribution in [0.2, 0.25) is 0 Å². The summed E-state index contributed by atoms with van der Waals surface area (Å²) in [5.41, 5.74) is 10.7. The van der Waals surface area contributed by atoms with Crippen molar-refractivity contribution >= 4 is 5.82 Å². The number of allylic oxidation sites excluding steroid dienone is 1. The minimum Gasteiger partial charge on any atom is -0.400 e. The zero-order valence-corrected chi connectivity index (χ0v) is 33.7. The summed E-state index contributed by atoms with van der Waals surface area (Å²) in [7, 11) is 1.00. The van der Waals surface area contributed by atoms with E-state index < -0.39 is 42.3 Å². The number of nitrogens with zero attached hydrogens (tertiary/aromatic N) is 2. The Labute approximate surface area is 334 Å². The van der Waals surface area contributed by atoms with Gasteiger partial charge in [0.25, 0.3) is 0 Å². The van der Waals surface area contributed by atoms with Gasteiger partial charge in [-0.3, -0.25) is 4.98 Å². The highest BCUT2D eigenvalue weighted by Gasteiger charge is 2.54. The number of hydrogen-bond acceptors (Lipinski definition) is 18. The Balaban J connectivity index is 0.000000315. The van der Waals surface area contributed by atoms with Crippen molar-refractivity contribution < 1.29 is 71.8 Å². The molecule has 0 aromatic carbocycles. The molecule has 332 valence electrons. The number of ether oxygens (including phenoxy) is 9. The van der Waals surface area contributed by atoms with Crippen molar-refractivity contribution in [3.63, 3.8) is 0 Å². The van der Waals surface area contributed by atoms with Crippen LogP contribution in [0.15, 0.2) is 24.0 Å². The molecule has 57 heavy (non-hydrogen) atoms.